The summed E-state index contributed by atoms with van der Waals surface area (Å²) in [5, 5.41) is 2.67. The number of ether oxygens (including phenoxy) is 1. The molecule has 2 aromatic rings. The lowest BCUT2D eigenvalue weighted by molar-refractivity contribution is -0.122. The molecule has 0 bridgehead atoms. The highest BCUT2D eigenvalue weighted by Gasteiger charge is 2.26. The molecule has 6 nitrogen and oxygen atoms in total. The molecule has 1 aliphatic rings. The molecular weight excluding hydrogens is 352 g/mol. The van der Waals surface area contributed by atoms with Crippen LogP contribution in [0.4, 0.5) is 11.4 Å². The van der Waals surface area contributed by atoms with E-state index in [4.69, 9.17) is 4.74 Å². The standard InChI is InChI=1S/C19H22N2O4S/c1-4-12(2)15-7-5-6-8-16(15)21-26(23,24)14-9-10-18-17(11-14)20-19(22)13(3)25-18/h5-13,21H,4H2,1-3H3,(H,20,22). The Labute approximate surface area is 153 Å². The van der Waals surface area contributed by atoms with Crippen LogP contribution < -0.4 is 14.8 Å². The van der Waals surface area contributed by atoms with E-state index in [1.807, 2.05) is 12.1 Å². The van der Waals surface area contributed by atoms with Gasteiger partial charge >= 0.3 is 0 Å². The van der Waals surface area contributed by atoms with Gasteiger partial charge in [0.2, 0.25) is 0 Å². The van der Waals surface area contributed by atoms with Gasteiger partial charge in [0.15, 0.2) is 6.10 Å². The van der Waals surface area contributed by atoms with Crippen molar-refractivity contribution in [3.63, 3.8) is 0 Å². The largest absolute Gasteiger partial charge is 0.479 e. The van der Waals surface area contributed by atoms with E-state index in [0.717, 1.165) is 12.0 Å². The maximum atomic E-state index is 12.8. The van der Waals surface area contributed by atoms with Crippen molar-refractivity contribution in [3.05, 3.63) is 48.0 Å². The zero-order valence-corrected chi connectivity index (χ0v) is 15.8. The van der Waals surface area contributed by atoms with Crippen molar-refractivity contribution >= 4 is 27.3 Å². The first-order chi connectivity index (χ1) is 12.3. The molecule has 1 aliphatic heterocycles. The molecule has 7 heteroatoms. The number of anilines is 2. The van der Waals surface area contributed by atoms with Crippen molar-refractivity contribution in [3.8, 4) is 5.75 Å². The second-order valence-electron chi connectivity index (χ2n) is 6.41. The monoisotopic (exact) mass is 374 g/mol. The highest BCUT2D eigenvalue weighted by atomic mass is 32.2. The minimum atomic E-state index is -3.80. The molecule has 26 heavy (non-hydrogen) atoms. The van der Waals surface area contributed by atoms with Gasteiger partial charge in [-0.15, -0.1) is 0 Å². The number of carbonyl (C=O) groups is 1. The van der Waals surface area contributed by atoms with Crippen molar-refractivity contribution in [1.29, 1.82) is 0 Å². The quantitative estimate of drug-likeness (QED) is 0.835. The summed E-state index contributed by atoms with van der Waals surface area (Å²) in [6.45, 7) is 5.75. The van der Waals surface area contributed by atoms with E-state index in [9.17, 15) is 13.2 Å². The van der Waals surface area contributed by atoms with E-state index in [0.29, 0.717) is 17.1 Å². The summed E-state index contributed by atoms with van der Waals surface area (Å²) in [5.74, 6) is 0.379. The molecule has 0 saturated carbocycles. The Hall–Kier alpha value is -2.54. The number of fused-ring (bicyclic) bond motifs is 1. The van der Waals surface area contributed by atoms with Crippen LogP contribution in [-0.2, 0) is 14.8 Å². The maximum absolute atomic E-state index is 12.8. The molecule has 0 aliphatic carbocycles. The predicted octanol–water partition coefficient (Wildman–Crippen LogP) is 3.72. The predicted molar refractivity (Wildman–Crippen MR) is 101 cm³/mol. The summed E-state index contributed by atoms with van der Waals surface area (Å²) < 4.78 is 33.8. The third kappa shape index (κ3) is 3.53. The number of para-hydroxylation sites is 1. The molecule has 2 unspecified atom stereocenters. The fourth-order valence-electron chi connectivity index (χ4n) is 2.80. The minimum absolute atomic E-state index is 0.0636. The van der Waals surface area contributed by atoms with E-state index in [1.54, 1.807) is 25.1 Å². The normalized spacial score (nSPS) is 17.7. The average Bonchev–Trinajstić information content (AvgIpc) is 2.61. The Balaban J connectivity index is 1.93. The van der Waals surface area contributed by atoms with Gasteiger partial charge in [0, 0.05) is 0 Å². The molecule has 0 fully saturated rings. The van der Waals surface area contributed by atoms with Gasteiger partial charge in [-0.1, -0.05) is 32.0 Å². The van der Waals surface area contributed by atoms with Gasteiger partial charge in [-0.25, -0.2) is 8.42 Å². The number of hydrogen-bond acceptors (Lipinski definition) is 4. The van der Waals surface area contributed by atoms with Crippen LogP contribution in [0.25, 0.3) is 0 Å². The Morgan fingerprint density at radius 2 is 1.96 bits per heavy atom. The first-order valence-corrected chi connectivity index (χ1v) is 10.0. The van der Waals surface area contributed by atoms with Crippen LogP contribution in [0.3, 0.4) is 0 Å². The fourth-order valence-corrected chi connectivity index (χ4v) is 3.91. The second-order valence-corrected chi connectivity index (χ2v) is 8.09. The Kier molecular flexibility index (Phi) is 4.91. The molecule has 1 heterocycles. The van der Waals surface area contributed by atoms with E-state index < -0.39 is 16.1 Å². The smallest absolute Gasteiger partial charge is 0.265 e. The fraction of sp³-hybridized carbons (Fsp3) is 0.316. The molecule has 0 radical (unpaired) electrons. The maximum Gasteiger partial charge on any atom is 0.265 e. The lowest BCUT2D eigenvalue weighted by atomic mass is 9.97. The first kappa shape index (κ1) is 18.3. The number of rotatable bonds is 5. The molecular formula is C19H22N2O4S. The molecule has 2 aromatic carbocycles. The molecule has 0 aromatic heterocycles. The summed E-state index contributed by atoms with van der Waals surface area (Å²) in [7, 11) is -3.80. The van der Waals surface area contributed by atoms with E-state index in [1.165, 1.54) is 12.1 Å². The van der Waals surface area contributed by atoms with Gasteiger partial charge in [-0.05, 0) is 49.1 Å². The summed E-state index contributed by atoms with van der Waals surface area (Å²) in [6, 6.07) is 11.8. The van der Waals surface area contributed by atoms with Gasteiger partial charge in [-0.2, -0.15) is 0 Å². The van der Waals surface area contributed by atoms with E-state index in [-0.39, 0.29) is 16.7 Å². The van der Waals surface area contributed by atoms with Crippen LogP contribution in [0.2, 0.25) is 0 Å². The van der Waals surface area contributed by atoms with Crippen LogP contribution in [0, 0.1) is 0 Å². The molecule has 1 amide bonds. The van der Waals surface area contributed by atoms with Crippen LogP contribution in [0.5, 0.6) is 5.75 Å². The molecule has 2 N–H and O–H groups in total. The molecule has 0 saturated heterocycles. The number of amides is 1. The highest BCUT2D eigenvalue weighted by Crippen LogP contribution is 2.33. The highest BCUT2D eigenvalue weighted by molar-refractivity contribution is 7.92. The number of hydrogen-bond donors (Lipinski definition) is 2. The molecule has 138 valence electrons. The van der Waals surface area contributed by atoms with Crippen LogP contribution >= 0.6 is 0 Å². The van der Waals surface area contributed by atoms with Gasteiger partial charge in [0.05, 0.1) is 16.3 Å². The van der Waals surface area contributed by atoms with Gasteiger partial charge < -0.3 is 10.1 Å². The summed E-state index contributed by atoms with van der Waals surface area (Å²) in [5.41, 5.74) is 1.86. The van der Waals surface area contributed by atoms with Crippen molar-refractivity contribution < 1.29 is 17.9 Å². The summed E-state index contributed by atoms with van der Waals surface area (Å²) in [6.07, 6.45) is 0.296. The topological polar surface area (TPSA) is 84.5 Å². The van der Waals surface area contributed by atoms with Gasteiger partial charge in [0.1, 0.15) is 5.75 Å². The lowest BCUT2D eigenvalue weighted by Gasteiger charge is -2.23. The first-order valence-electron chi connectivity index (χ1n) is 8.55. The van der Waals surface area contributed by atoms with Crippen molar-refractivity contribution in [2.24, 2.45) is 0 Å². The Bertz CT molecular complexity index is 940. The Morgan fingerprint density at radius 1 is 1.23 bits per heavy atom. The number of nitrogens with one attached hydrogen (secondary N) is 2. The third-order valence-corrected chi connectivity index (χ3v) is 5.90. The van der Waals surface area contributed by atoms with E-state index >= 15 is 0 Å². The minimum Gasteiger partial charge on any atom is -0.479 e. The molecule has 3 rings (SSSR count). The summed E-state index contributed by atoms with van der Waals surface area (Å²) in [4.78, 5) is 11.8. The SMILES string of the molecule is CCC(C)c1ccccc1NS(=O)(=O)c1ccc2c(c1)NC(=O)C(C)O2. The molecule has 0 spiro atoms. The lowest BCUT2D eigenvalue weighted by Crippen LogP contribution is -2.34. The zero-order chi connectivity index (χ0) is 18.9. The van der Waals surface area contributed by atoms with Crippen LogP contribution in [-0.4, -0.2) is 20.4 Å². The van der Waals surface area contributed by atoms with Crippen LogP contribution in [0.1, 0.15) is 38.7 Å². The zero-order valence-electron chi connectivity index (χ0n) is 14.9. The van der Waals surface area contributed by atoms with Crippen molar-refractivity contribution in [1.82, 2.24) is 0 Å². The number of carbonyl (C=O) groups excluding carboxylic acids is 1. The van der Waals surface area contributed by atoms with E-state index in [2.05, 4.69) is 23.9 Å². The average molecular weight is 374 g/mol. The Morgan fingerprint density at radius 3 is 2.69 bits per heavy atom. The summed E-state index contributed by atoms with van der Waals surface area (Å²) >= 11 is 0. The number of sulfonamides is 1. The molecule has 2 atom stereocenters. The van der Waals surface area contributed by atoms with Crippen molar-refractivity contribution in [2.45, 2.75) is 44.1 Å². The van der Waals surface area contributed by atoms with Crippen molar-refractivity contribution in [2.75, 3.05) is 10.0 Å². The van der Waals surface area contributed by atoms with Gasteiger partial charge in [-0.3, -0.25) is 9.52 Å². The third-order valence-electron chi connectivity index (χ3n) is 4.54. The van der Waals surface area contributed by atoms with Gasteiger partial charge in [0.25, 0.3) is 15.9 Å². The number of benzene rings is 2. The van der Waals surface area contributed by atoms with Crippen LogP contribution in [0.15, 0.2) is 47.4 Å². The second kappa shape index (κ2) is 6.99.